The van der Waals surface area contributed by atoms with Crippen molar-refractivity contribution in [2.45, 2.75) is 38.6 Å². The minimum absolute atomic E-state index is 0.368. The molecular weight excluding hydrogens is 198 g/mol. The van der Waals surface area contributed by atoms with Crippen LogP contribution in [0.25, 0.3) is 0 Å². The molecule has 1 aliphatic carbocycles. The molecule has 1 fully saturated rings. The van der Waals surface area contributed by atoms with Gasteiger partial charge in [0.2, 0.25) is 0 Å². The van der Waals surface area contributed by atoms with Gasteiger partial charge in [0.05, 0.1) is 0 Å². The summed E-state index contributed by atoms with van der Waals surface area (Å²) < 4.78 is 0. The molecule has 3 heteroatoms. The maximum Gasteiger partial charge on any atom is 0.0419 e. The Morgan fingerprint density at radius 1 is 1.50 bits per heavy atom. The first kappa shape index (κ1) is 11.6. The van der Waals surface area contributed by atoms with Gasteiger partial charge in [-0.05, 0) is 30.4 Å². The van der Waals surface area contributed by atoms with Crippen LogP contribution in [0.3, 0.4) is 0 Å². The Balaban J connectivity index is 2.00. The van der Waals surface area contributed by atoms with Crippen molar-refractivity contribution in [2.24, 2.45) is 17.7 Å². The molecule has 16 heavy (non-hydrogen) atoms. The molecule has 3 unspecified atom stereocenters. The number of nitrogens with two attached hydrogens (primary N) is 1. The molecule has 2 rings (SSSR count). The summed E-state index contributed by atoms with van der Waals surface area (Å²) in [5.41, 5.74) is 4.11. The van der Waals surface area contributed by atoms with Gasteiger partial charge in [-0.1, -0.05) is 25.8 Å². The predicted octanol–water partition coefficient (Wildman–Crippen LogP) is 1.89. The summed E-state index contributed by atoms with van der Waals surface area (Å²) in [5.74, 6) is 7.17. The zero-order valence-corrected chi connectivity index (χ0v) is 9.89. The third kappa shape index (κ3) is 2.60. The predicted molar refractivity (Wildman–Crippen MR) is 65.6 cm³/mol. The van der Waals surface area contributed by atoms with E-state index in [0.717, 1.165) is 18.0 Å². The van der Waals surface area contributed by atoms with Crippen LogP contribution in [-0.2, 0) is 6.42 Å². The Morgan fingerprint density at radius 2 is 2.38 bits per heavy atom. The van der Waals surface area contributed by atoms with Crippen molar-refractivity contribution < 1.29 is 0 Å². The third-order valence-corrected chi connectivity index (χ3v) is 3.81. The van der Waals surface area contributed by atoms with E-state index in [-0.39, 0.29) is 0 Å². The molecule has 3 N–H and O–H groups in total. The van der Waals surface area contributed by atoms with E-state index in [9.17, 15) is 0 Å². The summed E-state index contributed by atoms with van der Waals surface area (Å²) in [4.78, 5) is 4.37. The van der Waals surface area contributed by atoms with Crippen LogP contribution >= 0.6 is 0 Å². The first-order chi connectivity index (χ1) is 7.81. The monoisotopic (exact) mass is 219 g/mol. The molecule has 0 aromatic carbocycles. The summed E-state index contributed by atoms with van der Waals surface area (Å²) in [6.07, 6.45) is 6.76. The zero-order valence-electron chi connectivity index (χ0n) is 9.89. The van der Waals surface area contributed by atoms with Gasteiger partial charge in [0, 0.05) is 24.4 Å². The largest absolute Gasteiger partial charge is 0.271 e. The number of aromatic nitrogens is 1. The van der Waals surface area contributed by atoms with Gasteiger partial charge in [-0.15, -0.1) is 0 Å². The van der Waals surface area contributed by atoms with E-state index >= 15 is 0 Å². The standard InChI is InChI=1S/C13H21N3/c1-10-5-4-7-12(10)13(16-14)9-11-6-2-3-8-15-11/h2-3,6,8,10,12-13,16H,4-5,7,9,14H2,1H3. The minimum Gasteiger partial charge on any atom is -0.271 e. The quantitative estimate of drug-likeness (QED) is 0.600. The summed E-state index contributed by atoms with van der Waals surface area (Å²) in [6.45, 7) is 2.33. The highest BCUT2D eigenvalue weighted by Gasteiger charge is 2.30. The Morgan fingerprint density at radius 3 is 2.94 bits per heavy atom. The average molecular weight is 219 g/mol. The lowest BCUT2D eigenvalue weighted by Crippen LogP contribution is -2.43. The highest BCUT2D eigenvalue weighted by atomic mass is 15.2. The molecule has 1 saturated carbocycles. The molecule has 0 aliphatic heterocycles. The second-order valence-electron chi connectivity index (χ2n) is 4.87. The SMILES string of the molecule is CC1CCCC1C(Cc1ccccn1)NN. The molecule has 1 aliphatic rings. The van der Waals surface area contributed by atoms with E-state index in [4.69, 9.17) is 5.84 Å². The molecule has 0 spiro atoms. The summed E-state index contributed by atoms with van der Waals surface area (Å²) >= 11 is 0. The number of nitrogens with zero attached hydrogens (tertiary/aromatic N) is 1. The molecule has 1 heterocycles. The molecular formula is C13H21N3. The van der Waals surface area contributed by atoms with Gasteiger partial charge in [-0.2, -0.15) is 0 Å². The number of hydrazine groups is 1. The molecule has 0 saturated heterocycles. The van der Waals surface area contributed by atoms with Crippen molar-refractivity contribution in [1.82, 2.24) is 10.4 Å². The van der Waals surface area contributed by atoms with Crippen LogP contribution in [0.5, 0.6) is 0 Å². The molecule has 0 amide bonds. The van der Waals surface area contributed by atoms with Gasteiger partial charge in [-0.3, -0.25) is 16.3 Å². The number of hydrogen-bond donors (Lipinski definition) is 2. The van der Waals surface area contributed by atoms with E-state index < -0.39 is 0 Å². The van der Waals surface area contributed by atoms with Gasteiger partial charge in [-0.25, -0.2) is 0 Å². The van der Waals surface area contributed by atoms with E-state index in [1.165, 1.54) is 19.3 Å². The smallest absolute Gasteiger partial charge is 0.0419 e. The van der Waals surface area contributed by atoms with E-state index in [2.05, 4.69) is 23.4 Å². The Labute approximate surface area is 97.4 Å². The van der Waals surface area contributed by atoms with Gasteiger partial charge in [0.15, 0.2) is 0 Å². The van der Waals surface area contributed by atoms with Crippen molar-refractivity contribution in [1.29, 1.82) is 0 Å². The molecule has 1 aromatic heterocycles. The van der Waals surface area contributed by atoms with Gasteiger partial charge >= 0.3 is 0 Å². The second-order valence-corrected chi connectivity index (χ2v) is 4.87. The van der Waals surface area contributed by atoms with Crippen LogP contribution in [-0.4, -0.2) is 11.0 Å². The first-order valence-corrected chi connectivity index (χ1v) is 6.17. The fraction of sp³-hybridized carbons (Fsp3) is 0.615. The lowest BCUT2D eigenvalue weighted by atomic mass is 9.88. The summed E-state index contributed by atoms with van der Waals surface area (Å²) in [6, 6.07) is 6.43. The maximum absolute atomic E-state index is 5.68. The normalized spacial score (nSPS) is 26.9. The molecule has 1 aromatic rings. The fourth-order valence-electron chi connectivity index (χ4n) is 2.85. The molecule has 0 bridgehead atoms. The van der Waals surface area contributed by atoms with Crippen LogP contribution in [0.15, 0.2) is 24.4 Å². The maximum atomic E-state index is 5.68. The Hall–Kier alpha value is -0.930. The van der Waals surface area contributed by atoms with E-state index in [0.29, 0.717) is 12.0 Å². The van der Waals surface area contributed by atoms with Crippen LogP contribution in [0, 0.1) is 11.8 Å². The third-order valence-electron chi connectivity index (χ3n) is 3.81. The zero-order chi connectivity index (χ0) is 11.4. The number of rotatable bonds is 4. The molecule has 88 valence electrons. The molecule has 3 nitrogen and oxygen atoms in total. The summed E-state index contributed by atoms with van der Waals surface area (Å²) in [5, 5.41) is 0. The molecule has 3 atom stereocenters. The number of pyridine rings is 1. The Kier molecular flexibility index (Phi) is 3.91. The summed E-state index contributed by atoms with van der Waals surface area (Å²) in [7, 11) is 0. The van der Waals surface area contributed by atoms with Gasteiger partial charge < -0.3 is 0 Å². The van der Waals surface area contributed by atoms with Crippen molar-refractivity contribution in [3.63, 3.8) is 0 Å². The lowest BCUT2D eigenvalue weighted by molar-refractivity contribution is 0.296. The topological polar surface area (TPSA) is 50.9 Å². The number of nitrogens with one attached hydrogen (secondary N) is 1. The highest BCUT2D eigenvalue weighted by Crippen LogP contribution is 2.34. The van der Waals surface area contributed by atoms with Crippen molar-refractivity contribution in [2.75, 3.05) is 0 Å². The minimum atomic E-state index is 0.368. The number of hydrogen-bond acceptors (Lipinski definition) is 3. The van der Waals surface area contributed by atoms with Crippen molar-refractivity contribution in [3.05, 3.63) is 30.1 Å². The first-order valence-electron chi connectivity index (χ1n) is 6.17. The van der Waals surface area contributed by atoms with Crippen molar-refractivity contribution in [3.8, 4) is 0 Å². The Bertz CT molecular complexity index is 312. The van der Waals surface area contributed by atoms with Crippen LogP contribution < -0.4 is 11.3 Å². The molecule has 0 radical (unpaired) electrons. The van der Waals surface area contributed by atoms with Crippen LogP contribution in [0.4, 0.5) is 0 Å². The fourth-order valence-corrected chi connectivity index (χ4v) is 2.85. The van der Waals surface area contributed by atoms with Crippen LogP contribution in [0.1, 0.15) is 31.9 Å². The van der Waals surface area contributed by atoms with Gasteiger partial charge in [0.25, 0.3) is 0 Å². The van der Waals surface area contributed by atoms with Crippen molar-refractivity contribution >= 4 is 0 Å². The second kappa shape index (κ2) is 5.41. The average Bonchev–Trinajstić information content (AvgIpc) is 2.74. The lowest BCUT2D eigenvalue weighted by Gasteiger charge is -2.26. The van der Waals surface area contributed by atoms with Crippen LogP contribution in [0.2, 0.25) is 0 Å². The van der Waals surface area contributed by atoms with E-state index in [1.54, 1.807) is 0 Å². The van der Waals surface area contributed by atoms with E-state index in [1.807, 2.05) is 18.3 Å². The highest BCUT2D eigenvalue weighted by molar-refractivity contribution is 5.06. The van der Waals surface area contributed by atoms with Gasteiger partial charge in [0.1, 0.15) is 0 Å².